The number of carbonyl (C=O) groups is 2. The van der Waals surface area contributed by atoms with E-state index in [0.29, 0.717) is 38.6 Å². The zero-order valence-corrected chi connectivity index (χ0v) is 19.0. The summed E-state index contributed by atoms with van der Waals surface area (Å²) in [6, 6.07) is 19.9. The molecule has 3 aliphatic heterocycles. The van der Waals surface area contributed by atoms with Gasteiger partial charge in [-0.2, -0.15) is 0 Å². The zero-order valence-electron chi connectivity index (χ0n) is 19.0. The van der Waals surface area contributed by atoms with Crippen molar-refractivity contribution in [1.29, 1.82) is 0 Å². The fourth-order valence-corrected chi connectivity index (χ4v) is 5.51. The summed E-state index contributed by atoms with van der Waals surface area (Å²) in [4.78, 5) is 30.9. The molecular weight excluding hydrogens is 416 g/mol. The van der Waals surface area contributed by atoms with Gasteiger partial charge >= 0.3 is 0 Å². The maximum atomic E-state index is 13.9. The number of hydrogen-bond donors (Lipinski definition) is 0. The first-order valence-corrected chi connectivity index (χ1v) is 12.0. The summed E-state index contributed by atoms with van der Waals surface area (Å²) in [5, 5.41) is 0. The lowest BCUT2D eigenvalue weighted by Gasteiger charge is -2.42. The number of ether oxygens (including phenoxy) is 2. The predicted molar refractivity (Wildman–Crippen MR) is 125 cm³/mol. The van der Waals surface area contributed by atoms with E-state index in [4.69, 9.17) is 9.47 Å². The quantitative estimate of drug-likeness (QED) is 0.706. The molecule has 1 spiro atoms. The molecule has 2 amide bonds. The molecule has 3 heterocycles. The Labute approximate surface area is 195 Å². The number of likely N-dealkylation sites (tertiary alicyclic amines) is 1. The Morgan fingerprint density at radius 1 is 0.970 bits per heavy atom. The molecule has 3 fully saturated rings. The lowest BCUT2D eigenvalue weighted by atomic mass is 9.83. The van der Waals surface area contributed by atoms with Crippen LogP contribution in [-0.4, -0.2) is 73.2 Å². The van der Waals surface area contributed by atoms with E-state index in [0.717, 1.165) is 43.7 Å². The Morgan fingerprint density at radius 3 is 2.39 bits per heavy atom. The van der Waals surface area contributed by atoms with Gasteiger partial charge in [-0.25, -0.2) is 0 Å². The van der Waals surface area contributed by atoms with Crippen molar-refractivity contribution in [3.8, 4) is 0 Å². The third-order valence-electron chi connectivity index (χ3n) is 7.33. The van der Waals surface area contributed by atoms with Crippen molar-refractivity contribution in [3.05, 3.63) is 71.8 Å². The smallest absolute Gasteiger partial charge is 0.257 e. The topological polar surface area (TPSA) is 59.1 Å². The lowest BCUT2D eigenvalue weighted by molar-refractivity contribution is -0.167. The van der Waals surface area contributed by atoms with Gasteiger partial charge in [0.1, 0.15) is 0 Å². The van der Waals surface area contributed by atoms with E-state index < -0.39 is 5.60 Å². The van der Waals surface area contributed by atoms with Crippen LogP contribution in [0.15, 0.2) is 60.7 Å². The summed E-state index contributed by atoms with van der Waals surface area (Å²) in [5.41, 5.74) is 1.07. The average molecular weight is 449 g/mol. The van der Waals surface area contributed by atoms with Gasteiger partial charge in [-0.3, -0.25) is 9.59 Å². The summed E-state index contributed by atoms with van der Waals surface area (Å²) < 4.78 is 11.9. The Hall–Kier alpha value is -2.70. The van der Waals surface area contributed by atoms with Crippen LogP contribution in [0.25, 0.3) is 0 Å². The molecule has 2 atom stereocenters. The van der Waals surface area contributed by atoms with Crippen molar-refractivity contribution in [1.82, 2.24) is 9.80 Å². The number of hydrogen-bond acceptors (Lipinski definition) is 4. The molecule has 0 radical (unpaired) electrons. The van der Waals surface area contributed by atoms with E-state index in [2.05, 4.69) is 12.1 Å². The number of benzene rings is 2. The monoisotopic (exact) mass is 448 g/mol. The molecule has 2 aromatic carbocycles. The van der Waals surface area contributed by atoms with E-state index in [-0.39, 0.29) is 17.7 Å². The minimum atomic E-state index is -1.02. The van der Waals surface area contributed by atoms with E-state index in [1.165, 1.54) is 0 Å². The van der Waals surface area contributed by atoms with Gasteiger partial charge in [0, 0.05) is 38.8 Å². The van der Waals surface area contributed by atoms with Crippen molar-refractivity contribution < 1.29 is 19.1 Å². The third kappa shape index (κ3) is 4.55. The Balaban J connectivity index is 1.39. The fraction of sp³-hybridized carbons (Fsp3) is 0.481. The van der Waals surface area contributed by atoms with E-state index >= 15 is 0 Å². The highest BCUT2D eigenvalue weighted by Gasteiger charge is 2.58. The third-order valence-corrected chi connectivity index (χ3v) is 7.33. The molecular formula is C27H32N2O4. The number of morpholine rings is 1. The molecule has 0 bridgehead atoms. The number of nitrogens with zero attached hydrogens (tertiary/aromatic N) is 2. The normalized spacial score (nSPS) is 26.2. The first-order chi connectivity index (χ1) is 16.2. The summed E-state index contributed by atoms with van der Waals surface area (Å²) >= 11 is 0. The van der Waals surface area contributed by atoms with Crippen molar-refractivity contribution in [2.45, 2.75) is 30.8 Å². The van der Waals surface area contributed by atoms with Crippen LogP contribution >= 0.6 is 0 Å². The summed E-state index contributed by atoms with van der Waals surface area (Å²) in [6.45, 7) is 4.08. The van der Waals surface area contributed by atoms with Gasteiger partial charge < -0.3 is 19.3 Å². The standard InChI is InChI=1S/C27H32N2O4/c30-25(17-21-7-3-1-4-8-21)28-13-16-33-27(20-28)24(23-9-5-2-6-10-23)19-29(26(27)31)18-22-11-14-32-15-12-22/h1-10,22,24H,11-20H2/t24-,27+/m0/s1. The zero-order chi connectivity index (χ0) is 22.7. The van der Waals surface area contributed by atoms with Crippen LogP contribution < -0.4 is 0 Å². The maximum Gasteiger partial charge on any atom is 0.257 e. The molecule has 6 nitrogen and oxygen atoms in total. The van der Waals surface area contributed by atoms with Gasteiger partial charge in [0.2, 0.25) is 5.91 Å². The fourth-order valence-electron chi connectivity index (χ4n) is 5.51. The van der Waals surface area contributed by atoms with Gasteiger partial charge in [-0.1, -0.05) is 60.7 Å². The number of amides is 2. The summed E-state index contributed by atoms with van der Waals surface area (Å²) in [5.74, 6) is 0.429. The molecule has 3 saturated heterocycles. The molecule has 174 valence electrons. The van der Waals surface area contributed by atoms with Gasteiger partial charge in [0.05, 0.1) is 19.6 Å². The maximum absolute atomic E-state index is 13.9. The van der Waals surface area contributed by atoms with E-state index in [1.54, 1.807) is 0 Å². The average Bonchev–Trinajstić information content (AvgIpc) is 3.11. The van der Waals surface area contributed by atoms with Crippen LogP contribution in [0.4, 0.5) is 0 Å². The molecule has 0 N–H and O–H groups in total. The van der Waals surface area contributed by atoms with Crippen molar-refractivity contribution in [2.24, 2.45) is 5.92 Å². The number of carbonyl (C=O) groups excluding carboxylic acids is 2. The highest BCUT2D eigenvalue weighted by Crippen LogP contribution is 2.42. The Morgan fingerprint density at radius 2 is 1.67 bits per heavy atom. The van der Waals surface area contributed by atoms with Crippen LogP contribution in [0, 0.1) is 5.92 Å². The SMILES string of the molecule is O=C(Cc1ccccc1)N1CCO[C@@]2(C1)C(=O)N(CC1CCOCC1)C[C@H]2c1ccccc1. The second-order valence-electron chi connectivity index (χ2n) is 9.44. The van der Waals surface area contributed by atoms with Crippen LogP contribution in [0.2, 0.25) is 0 Å². The molecule has 0 aromatic heterocycles. The second kappa shape index (κ2) is 9.65. The minimum Gasteiger partial charge on any atom is -0.381 e. The van der Waals surface area contributed by atoms with Crippen molar-refractivity contribution >= 4 is 11.8 Å². The molecule has 5 rings (SSSR count). The second-order valence-corrected chi connectivity index (χ2v) is 9.44. The largest absolute Gasteiger partial charge is 0.381 e. The van der Waals surface area contributed by atoms with E-state index in [1.807, 2.05) is 58.3 Å². The minimum absolute atomic E-state index is 0.0278. The van der Waals surface area contributed by atoms with Crippen molar-refractivity contribution in [2.75, 3.05) is 46.0 Å². The molecule has 2 aromatic rings. The molecule has 0 aliphatic carbocycles. The van der Waals surface area contributed by atoms with Crippen LogP contribution in [0.1, 0.15) is 29.9 Å². The lowest BCUT2D eigenvalue weighted by Crippen LogP contribution is -2.59. The van der Waals surface area contributed by atoms with Crippen molar-refractivity contribution in [3.63, 3.8) is 0 Å². The molecule has 33 heavy (non-hydrogen) atoms. The molecule has 0 unspecified atom stereocenters. The number of rotatable bonds is 5. The highest BCUT2D eigenvalue weighted by atomic mass is 16.5. The first kappa shape index (κ1) is 22.1. The Bertz CT molecular complexity index is 961. The van der Waals surface area contributed by atoms with Gasteiger partial charge in [0.25, 0.3) is 5.91 Å². The van der Waals surface area contributed by atoms with Gasteiger partial charge in [-0.15, -0.1) is 0 Å². The van der Waals surface area contributed by atoms with Gasteiger partial charge in [-0.05, 0) is 29.9 Å². The Kier molecular flexibility index (Phi) is 6.47. The molecule has 0 saturated carbocycles. The van der Waals surface area contributed by atoms with Crippen LogP contribution in [0.3, 0.4) is 0 Å². The van der Waals surface area contributed by atoms with Crippen LogP contribution in [-0.2, 0) is 25.5 Å². The van der Waals surface area contributed by atoms with Crippen LogP contribution in [0.5, 0.6) is 0 Å². The van der Waals surface area contributed by atoms with E-state index in [9.17, 15) is 9.59 Å². The highest BCUT2D eigenvalue weighted by molar-refractivity contribution is 5.91. The summed E-state index contributed by atoms with van der Waals surface area (Å²) in [7, 11) is 0. The summed E-state index contributed by atoms with van der Waals surface area (Å²) in [6.07, 6.45) is 2.30. The first-order valence-electron chi connectivity index (χ1n) is 12.0. The molecule has 6 heteroatoms. The predicted octanol–water partition coefficient (Wildman–Crippen LogP) is 2.88. The van der Waals surface area contributed by atoms with Gasteiger partial charge in [0.15, 0.2) is 5.60 Å². The molecule has 3 aliphatic rings.